The maximum Gasteiger partial charge on any atom is 0.266 e. The van der Waals surface area contributed by atoms with E-state index in [1.165, 1.54) is 12.1 Å². The van der Waals surface area contributed by atoms with E-state index in [9.17, 15) is 13.2 Å². The second-order valence-corrected chi connectivity index (χ2v) is 9.96. The molecule has 1 fully saturated rings. The molecule has 1 aliphatic heterocycles. The highest BCUT2D eigenvalue weighted by atomic mass is 35.5. The van der Waals surface area contributed by atoms with Crippen molar-refractivity contribution in [2.45, 2.75) is 18.2 Å². The molecule has 1 N–H and O–H groups in total. The monoisotopic (exact) mass is 483 g/mol. The minimum absolute atomic E-state index is 0.0479. The number of carbonyl (C=O) groups excluding carboxylic acids is 1. The van der Waals surface area contributed by atoms with Crippen LogP contribution in [0.2, 0.25) is 15.1 Å². The molecule has 1 aliphatic rings. The molecular weight excluding hydrogens is 469 g/mol. The lowest BCUT2D eigenvalue weighted by Gasteiger charge is -2.26. The van der Waals surface area contributed by atoms with Gasteiger partial charge in [0.25, 0.3) is 10.0 Å². The van der Waals surface area contributed by atoms with Crippen molar-refractivity contribution in [3.05, 3.63) is 37.8 Å². The first kappa shape index (κ1) is 21.6. The molecule has 152 valence electrons. The van der Waals surface area contributed by atoms with Gasteiger partial charge in [0, 0.05) is 23.0 Å². The first-order valence-corrected chi connectivity index (χ1v) is 11.6. The molecule has 1 aromatic carbocycles. The minimum Gasteiger partial charge on any atom is -0.378 e. The zero-order chi connectivity index (χ0) is 20.5. The predicted molar refractivity (Wildman–Crippen MR) is 110 cm³/mol. The maximum atomic E-state index is 12.7. The van der Waals surface area contributed by atoms with E-state index in [4.69, 9.17) is 39.5 Å². The van der Waals surface area contributed by atoms with Gasteiger partial charge in [0.15, 0.2) is 5.13 Å². The van der Waals surface area contributed by atoms with E-state index in [-0.39, 0.29) is 37.4 Å². The molecule has 28 heavy (non-hydrogen) atoms. The van der Waals surface area contributed by atoms with Crippen molar-refractivity contribution in [3.8, 4) is 0 Å². The Morgan fingerprint density at radius 1 is 1.25 bits per heavy atom. The van der Waals surface area contributed by atoms with Crippen LogP contribution in [0.3, 0.4) is 0 Å². The summed E-state index contributed by atoms with van der Waals surface area (Å²) in [5.74, 6) is -0.0479. The van der Waals surface area contributed by atoms with Crippen LogP contribution in [0.1, 0.15) is 10.6 Å². The molecule has 3 rings (SSSR count). The van der Waals surface area contributed by atoms with E-state index in [2.05, 4.69) is 9.71 Å². The van der Waals surface area contributed by atoms with Gasteiger partial charge in [-0.25, -0.2) is 13.4 Å². The predicted octanol–water partition coefficient (Wildman–Crippen LogP) is 3.61. The van der Waals surface area contributed by atoms with E-state index < -0.39 is 10.0 Å². The van der Waals surface area contributed by atoms with Gasteiger partial charge in [0.05, 0.1) is 35.4 Å². The van der Waals surface area contributed by atoms with Crippen molar-refractivity contribution in [2.24, 2.45) is 0 Å². The molecule has 0 spiro atoms. The second-order valence-electron chi connectivity index (χ2n) is 6.00. The SMILES string of the molecule is Cc1nc(NS(=O)(=O)c2c(Cl)cc(Cl)cc2Cl)sc1CC(=O)N1CCOCC1. The Kier molecular flexibility index (Phi) is 6.73. The van der Waals surface area contributed by atoms with E-state index in [0.717, 1.165) is 11.3 Å². The number of aromatic nitrogens is 1. The summed E-state index contributed by atoms with van der Waals surface area (Å²) in [7, 11) is -4.08. The number of halogens is 3. The van der Waals surface area contributed by atoms with Gasteiger partial charge in [-0.2, -0.15) is 0 Å². The summed E-state index contributed by atoms with van der Waals surface area (Å²) in [5, 5.41) is 0.161. The number of aryl methyl sites for hydroxylation is 1. The van der Waals surface area contributed by atoms with Crippen LogP contribution in [-0.4, -0.2) is 50.5 Å². The van der Waals surface area contributed by atoms with Crippen LogP contribution in [0.15, 0.2) is 17.0 Å². The number of benzene rings is 1. The van der Waals surface area contributed by atoms with Crippen molar-refractivity contribution in [1.82, 2.24) is 9.88 Å². The molecule has 1 saturated heterocycles. The number of thiazole rings is 1. The van der Waals surface area contributed by atoms with E-state index >= 15 is 0 Å². The summed E-state index contributed by atoms with van der Waals surface area (Å²) < 4.78 is 33.0. The summed E-state index contributed by atoms with van der Waals surface area (Å²) in [6, 6.07) is 2.59. The van der Waals surface area contributed by atoms with Gasteiger partial charge in [0.1, 0.15) is 4.90 Å². The van der Waals surface area contributed by atoms with E-state index in [0.29, 0.717) is 36.9 Å². The van der Waals surface area contributed by atoms with Gasteiger partial charge in [-0.15, -0.1) is 11.3 Å². The summed E-state index contributed by atoms with van der Waals surface area (Å²) in [5.41, 5.74) is 0.581. The van der Waals surface area contributed by atoms with Crippen molar-refractivity contribution in [2.75, 3.05) is 31.0 Å². The number of rotatable bonds is 5. The summed E-state index contributed by atoms with van der Waals surface area (Å²) in [6.45, 7) is 3.84. The molecule has 0 aliphatic carbocycles. The topological polar surface area (TPSA) is 88.6 Å². The number of ether oxygens (including phenoxy) is 1. The summed E-state index contributed by atoms with van der Waals surface area (Å²) in [6.07, 6.45) is 0.147. The van der Waals surface area contributed by atoms with Crippen LogP contribution in [0.25, 0.3) is 0 Å². The number of morpholine rings is 1. The van der Waals surface area contributed by atoms with E-state index in [1.54, 1.807) is 11.8 Å². The molecule has 7 nitrogen and oxygen atoms in total. The molecular formula is C16H16Cl3N3O4S2. The summed E-state index contributed by atoms with van der Waals surface area (Å²) >= 11 is 18.9. The van der Waals surface area contributed by atoms with Crippen LogP contribution in [0.4, 0.5) is 5.13 Å². The van der Waals surface area contributed by atoms with Gasteiger partial charge >= 0.3 is 0 Å². The molecule has 2 heterocycles. The number of nitrogens with one attached hydrogen (secondary N) is 1. The third kappa shape index (κ3) is 4.90. The van der Waals surface area contributed by atoms with Crippen LogP contribution in [-0.2, 0) is 26.0 Å². The third-order valence-electron chi connectivity index (χ3n) is 4.02. The Morgan fingerprint density at radius 3 is 2.46 bits per heavy atom. The van der Waals surface area contributed by atoms with Crippen molar-refractivity contribution < 1.29 is 17.9 Å². The highest BCUT2D eigenvalue weighted by molar-refractivity contribution is 7.93. The van der Waals surface area contributed by atoms with Crippen LogP contribution in [0.5, 0.6) is 0 Å². The highest BCUT2D eigenvalue weighted by Gasteiger charge is 2.25. The fraction of sp³-hybridized carbons (Fsp3) is 0.375. The van der Waals surface area contributed by atoms with Gasteiger partial charge in [-0.1, -0.05) is 34.8 Å². The van der Waals surface area contributed by atoms with E-state index in [1.807, 2.05) is 0 Å². The molecule has 1 aromatic heterocycles. The number of sulfonamides is 1. The third-order valence-corrected chi connectivity index (χ3v) is 7.70. The van der Waals surface area contributed by atoms with Crippen molar-refractivity contribution >= 4 is 67.2 Å². The largest absolute Gasteiger partial charge is 0.378 e. The lowest BCUT2D eigenvalue weighted by Crippen LogP contribution is -2.41. The number of anilines is 1. The Bertz CT molecular complexity index is 982. The Morgan fingerprint density at radius 2 is 1.86 bits per heavy atom. The first-order valence-electron chi connectivity index (χ1n) is 8.16. The second kappa shape index (κ2) is 8.73. The molecule has 0 radical (unpaired) electrons. The zero-order valence-corrected chi connectivity index (χ0v) is 18.6. The van der Waals surface area contributed by atoms with Gasteiger partial charge in [-0.05, 0) is 19.1 Å². The Labute approximate surface area is 181 Å². The fourth-order valence-corrected chi connectivity index (χ4v) is 6.39. The molecule has 2 aromatic rings. The molecule has 12 heteroatoms. The molecule has 0 unspecified atom stereocenters. The van der Waals surface area contributed by atoms with Crippen molar-refractivity contribution in [1.29, 1.82) is 0 Å². The normalized spacial score (nSPS) is 14.9. The Balaban J connectivity index is 1.78. The zero-order valence-electron chi connectivity index (χ0n) is 14.7. The standard InChI is InChI=1S/C16H16Cl3N3O4S2/c1-9-13(8-14(23)22-2-4-26-5-3-22)27-16(20-9)21-28(24,25)15-11(18)6-10(17)7-12(15)19/h6-7H,2-5,8H2,1H3,(H,20,21). The van der Waals surface area contributed by atoms with Gasteiger partial charge in [-0.3, -0.25) is 9.52 Å². The highest BCUT2D eigenvalue weighted by Crippen LogP contribution is 2.34. The Hall–Kier alpha value is -1.10. The van der Waals surface area contributed by atoms with Crippen molar-refractivity contribution in [3.63, 3.8) is 0 Å². The molecule has 0 atom stereocenters. The van der Waals surface area contributed by atoms with Gasteiger partial charge in [0.2, 0.25) is 5.91 Å². The summed E-state index contributed by atoms with van der Waals surface area (Å²) in [4.78, 5) is 18.8. The average Bonchev–Trinajstić information content (AvgIpc) is 2.92. The number of hydrogen-bond acceptors (Lipinski definition) is 6. The number of nitrogens with zero attached hydrogens (tertiary/aromatic N) is 2. The number of carbonyl (C=O) groups is 1. The molecule has 0 saturated carbocycles. The van der Waals surface area contributed by atoms with Gasteiger partial charge < -0.3 is 9.64 Å². The average molecular weight is 485 g/mol. The number of amides is 1. The first-order chi connectivity index (χ1) is 13.2. The lowest BCUT2D eigenvalue weighted by molar-refractivity contribution is -0.134. The van der Waals surface area contributed by atoms with Crippen LogP contribution < -0.4 is 4.72 Å². The number of hydrogen-bond donors (Lipinski definition) is 1. The fourth-order valence-electron chi connectivity index (χ4n) is 2.65. The smallest absolute Gasteiger partial charge is 0.266 e. The quantitative estimate of drug-likeness (QED) is 0.700. The maximum absolute atomic E-state index is 12.7. The lowest BCUT2D eigenvalue weighted by atomic mass is 10.2. The van der Waals surface area contributed by atoms with Crippen LogP contribution >= 0.6 is 46.1 Å². The molecule has 1 amide bonds. The molecule has 0 bridgehead atoms. The van der Waals surface area contributed by atoms with Crippen LogP contribution in [0, 0.1) is 6.92 Å². The minimum atomic E-state index is -4.08.